The highest BCUT2D eigenvalue weighted by Gasteiger charge is 2.39. The summed E-state index contributed by atoms with van der Waals surface area (Å²) in [7, 11) is 2.98. The summed E-state index contributed by atoms with van der Waals surface area (Å²) in [6.07, 6.45) is 2.95. The minimum absolute atomic E-state index is 0.0497. The second-order valence-electron chi connectivity index (χ2n) is 14.7. The van der Waals surface area contributed by atoms with E-state index >= 15 is 0 Å². The van der Waals surface area contributed by atoms with E-state index in [4.69, 9.17) is 14.2 Å². The average Bonchev–Trinajstić information content (AvgIpc) is 4.13. The number of Topliss-reactive ketones (excluding diaryl/α,β-unsaturated/α-hetero) is 2. The number of allylic oxidation sites excluding steroid dienone is 6. The molecule has 64 heavy (non-hydrogen) atoms. The fourth-order valence-electron chi connectivity index (χ4n) is 7.81. The Bertz CT molecular complexity index is 3430. The number of thiophene rings is 4. The maximum atomic E-state index is 14.4. The first-order valence-electron chi connectivity index (χ1n) is 18.6. The Hall–Kier alpha value is -7.38. The summed E-state index contributed by atoms with van der Waals surface area (Å²) in [6, 6.07) is 17.5. The van der Waals surface area contributed by atoms with Crippen LogP contribution < -0.4 is 14.2 Å². The van der Waals surface area contributed by atoms with Gasteiger partial charge in [0, 0.05) is 59.7 Å². The van der Waals surface area contributed by atoms with Gasteiger partial charge in [0.2, 0.25) is 0 Å². The van der Waals surface area contributed by atoms with Crippen LogP contribution in [0.25, 0.3) is 52.6 Å². The molecule has 312 valence electrons. The Kier molecular flexibility index (Phi) is 10.1. The van der Waals surface area contributed by atoms with E-state index in [1.165, 1.54) is 71.7 Å². The van der Waals surface area contributed by atoms with E-state index in [0.717, 1.165) is 49.3 Å². The van der Waals surface area contributed by atoms with E-state index in [2.05, 4.69) is 0 Å². The van der Waals surface area contributed by atoms with Gasteiger partial charge in [-0.3, -0.25) is 9.59 Å². The lowest BCUT2D eigenvalue weighted by Gasteiger charge is -2.31. The molecule has 0 bridgehead atoms. The number of carbonyl (C=O) groups is 2. The van der Waals surface area contributed by atoms with Crippen molar-refractivity contribution in [1.82, 2.24) is 0 Å². The molecule has 0 amide bonds. The molecule has 0 N–H and O–H groups in total. The summed E-state index contributed by atoms with van der Waals surface area (Å²) < 4.78 is 75.5. The third-order valence-corrected chi connectivity index (χ3v) is 15.6. The van der Waals surface area contributed by atoms with E-state index in [9.17, 15) is 48.2 Å². The van der Waals surface area contributed by atoms with Gasteiger partial charge in [-0.1, -0.05) is 0 Å². The lowest BCUT2D eigenvalue weighted by Crippen LogP contribution is -2.27. The van der Waals surface area contributed by atoms with Crippen molar-refractivity contribution in [3.8, 4) is 70.8 Å². The maximum Gasteiger partial charge on any atom is 0.194 e. The summed E-state index contributed by atoms with van der Waals surface area (Å²) in [4.78, 5) is 32.9. The van der Waals surface area contributed by atoms with Crippen molar-refractivity contribution in [1.29, 1.82) is 21.0 Å². The molecule has 0 spiro atoms. The Balaban J connectivity index is 1.10. The van der Waals surface area contributed by atoms with E-state index in [1.807, 2.05) is 26.0 Å². The van der Waals surface area contributed by atoms with Gasteiger partial charge in [-0.05, 0) is 79.6 Å². The Morgan fingerprint density at radius 2 is 0.984 bits per heavy atom. The van der Waals surface area contributed by atoms with Gasteiger partial charge >= 0.3 is 0 Å². The number of fused-ring (bicyclic) bond motifs is 5. The molecule has 9 nitrogen and oxygen atoms in total. The minimum Gasteiger partial charge on any atom is -0.495 e. The van der Waals surface area contributed by atoms with E-state index < -0.39 is 51.6 Å². The van der Waals surface area contributed by atoms with Crippen LogP contribution in [0.2, 0.25) is 0 Å². The highest BCUT2D eigenvalue weighted by Crippen LogP contribution is 2.58. The van der Waals surface area contributed by atoms with Crippen molar-refractivity contribution >= 4 is 80.2 Å². The second-order valence-corrected chi connectivity index (χ2v) is 19.0. The number of carbonyl (C=O) groups excluding carboxylic acids is 2. The van der Waals surface area contributed by atoms with Crippen molar-refractivity contribution in [2.75, 3.05) is 14.2 Å². The molecule has 3 aliphatic rings. The van der Waals surface area contributed by atoms with Gasteiger partial charge < -0.3 is 14.2 Å². The fourth-order valence-corrected chi connectivity index (χ4v) is 12.7. The van der Waals surface area contributed by atoms with Crippen molar-refractivity contribution in [3.05, 3.63) is 132 Å². The molecule has 0 radical (unpaired) electrons. The van der Waals surface area contributed by atoms with Crippen LogP contribution in [-0.4, -0.2) is 25.8 Å². The number of rotatable bonds is 6. The number of nitriles is 4. The fraction of sp³-hybridized carbons (Fsp3) is 0.106. The zero-order valence-electron chi connectivity index (χ0n) is 33.2. The van der Waals surface area contributed by atoms with Crippen LogP contribution in [0.3, 0.4) is 0 Å². The summed E-state index contributed by atoms with van der Waals surface area (Å²) in [5.41, 5.74) is -1.53. The van der Waals surface area contributed by atoms with Crippen molar-refractivity contribution < 1.29 is 41.4 Å². The molecule has 2 aromatic carbocycles. The van der Waals surface area contributed by atoms with Gasteiger partial charge in [-0.15, -0.1) is 45.3 Å². The van der Waals surface area contributed by atoms with E-state index in [0.29, 0.717) is 36.8 Å². The lowest BCUT2D eigenvalue weighted by molar-refractivity contribution is 0.103. The van der Waals surface area contributed by atoms with Crippen molar-refractivity contribution in [3.63, 3.8) is 0 Å². The third-order valence-electron chi connectivity index (χ3n) is 10.7. The van der Waals surface area contributed by atoms with Gasteiger partial charge in [0.05, 0.1) is 38.6 Å². The zero-order chi connectivity index (χ0) is 45.5. The Labute approximate surface area is 376 Å². The SMILES string of the molecule is COc1cc(/C=C2\C(=O)c3cc(F)c(F)cc3C2=C(C#N)C#N)sc1-c1cc2c(s1)-c1sc(-c3sc(/C=C4\C(=O)c5cc(F)c(F)cc5C4=C(C#N)C#N)cc3OC)cc1C(C)(C)O2. The molecule has 0 saturated carbocycles. The molecule has 2 aliphatic carbocycles. The first kappa shape index (κ1) is 41.9. The van der Waals surface area contributed by atoms with Crippen LogP contribution >= 0.6 is 45.3 Å². The van der Waals surface area contributed by atoms with Crippen LogP contribution in [0.5, 0.6) is 17.2 Å². The molecule has 0 saturated heterocycles. The molecular formula is C47H22F4N4O5S4. The molecule has 0 unspecified atom stereocenters. The number of hydrogen-bond acceptors (Lipinski definition) is 13. The number of ether oxygens (including phenoxy) is 3. The largest absolute Gasteiger partial charge is 0.495 e. The van der Waals surface area contributed by atoms with Crippen LogP contribution in [0.15, 0.2) is 70.8 Å². The highest BCUT2D eigenvalue weighted by atomic mass is 32.1. The van der Waals surface area contributed by atoms with Crippen LogP contribution in [-0.2, 0) is 5.60 Å². The smallest absolute Gasteiger partial charge is 0.194 e. The standard InChI is InChI=1S/C47H22F4N4O5S4/c1-47(2)29-13-37(44-34(58-3)7-21(61-44)5-27-39(19(15-52)16-53)23-9-30(48)32(50)11-25(23)41(27)56)63-43(29)46-36(60-47)14-38(64-46)45-35(59-4)8-22(62-45)6-28-40(20(17-54)18-55)24-10-31(49)33(51)12-26(24)42(28)57/h5-14H,1-4H3/b27-5-,28-6-. The minimum atomic E-state index is -1.24. The predicted octanol–water partition coefficient (Wildman–Crippen LogP) is 12.3. The van der Waals surface area contributed by atoms with Crippen LogP contribution in [0.4, 0.5) is 17.6 Å². The van der Waals surface area contributed by atoms with Gasteiger partial charge in [0.1, 0.15) is 58.3 Å². The quantitative estimate of drug-likeness (QED) is 0.0900. The molecule has 1 aliphatic heterocycles. The average molecular weight is 927 g/mol. The first-order valence-corrected chi connectivity index (χ1v) is 21.9. The zero-order valence-corrected chi connectivity index (χ0v) is 36.5. The second kappa shape index (κ2) is 15.5. The van der Waals surface area contributed by atoms with Gasteiger partial charge in [-0.2, -0.15) is 21.0 Å². The molecule has 9 rings (SSSR count). The van der Waals surface area contributed by atoms with E-state index in [-0.39, 0.29) is 44.5 Å². The number of hydrogen-bond donors (Lipinski definition) is 0. The van der Waals surface area contributed by atoms with Crippen LogP contribution in [0.1, 0.15) is 61.0 Å². The summed E-state index contributed by atoms with van der Waals surface area (Å²) in [6.45, 7) is 3.86. The Morgan fingerprint density at radius 3 is 1.41 bits per heavy atom. The van der Waals surface area contributed by atoms with E-state index in [1.54, 1.807) is 36.4 Å². The number of benzene rings is 2. The Morgan fingerprint density at radius 1 is 0.578 bits per heavy atom. The van der Waals surface area contributed by atoms with Crippen molar-refractivity contribution in [2.45, 2.75) is 19.4 Å². The number of ketones is 2. The predicted molar refractivity (Wildman–Crippen MR) is 235 cm³/mol. The highest BCUT2D eigenvalue weighted by molar-refractivity contribution is 7.29. The van der Waals surface area contributed by atoms with Crippen molar-refractivity contribution in [2.24, 2.45) is 0 Å². The van der Waals surface area contributed by atoms with Crippen LogP contribution in [0, 0.1) is 68.6 Å². The molecule has 0 fully saturated rings. The topological polar surface area (TPSA) is 157 Å². The maximum absolute atomic E-state index is 14.4. The molecular weight excluding hydrogens is 905 g/mol. The molecule has 6 aromatic rings. The summed E-state index contributed by atoms with van der Waals surface area (Å²) in [5.74, 6) is -4.76. The monoisotopic (exact) mass is 926 g/mol. The number of nitrogens with zero attached hydrogens (tertiary/aromatic N) is 4. The van der Waals surface area contributed by atoms with Gasteiger partial charge in [0.25, 0.3) is 0 Å². The third kappa shape index (κ3) is 6.48. The van der Waals surface area contributed by atoms with Gasteiger partial charge in [-0.25, -0.2) is 17.6 Å². The first-order chi connectivity index (χ1) is 30.6. The molecule has 5 heterocycles. The number of methoxy groups -OCH3 is 2. The summed E-state index contributed by atoms with van der Waals surface area (Å²) >= 11 is 5.45. The van der Waals surface area contributed by atoms with Gasteiger partial charge in [0.15, 0.2) is 34.8 Å². The molecule has 4 aromatic heterocycles. The molecule has 17 heteroatoms. The molecule has 0 atom stereocenters. The lowest BCUT2D eigenvalue weighted by atomic mass is 9.95. The summed E-state index contributed by atoms with van der Waals surface area (Å²) in [5, 5.41) is 39.0. The number of halogens is 4. The normalized spacial score (nSPS) is 15.4.